The predicted molar refractivity (Wildman–Crippen MR) is 148 cm³/mol. The van der Waals surface area contributed by atoms with Crippen molar-refractivity contribution in [2.24, 2.45) is 0 Å². The van der Waals surface area contributed by atoms with Gasteiger partial charge in [-0.1, -0.05) is 62.6 Å². The maximum absolute atomic E-state index is 12.7. The van der Waals surface area contributed by atoms with Crippen molar-refractivity contribution in [1.29, 1.82) is 0 Å². The van der Waals surface area contributed by atoms with Crippen molar-refractivity contribution in [3.63, 3.8) is 0 Å². The number of methoxy groups -OCH3 is 1. The zero-order valence-corrected chi connectivity index (χ0v) is 21.8. The van der Waals surface area contributed by atoms with Crippen LogP contribution in [-0.2, 0) is 4.79 Å². The number of nitrogens with one attached hydrogen (secondary N) is 1. The molecule has 192 valence electrons. The van der Waals surface area contributed by atoms with Crippen molar-refractivity contribution in [2.75, 3.05) is 32.2 Å². The van der Waals surface area contributed by atoms with Gasteiger partial charge in [-0.05, 0) is 53.6 Å². The van der Waals surface area contributed by atoms with Crippen LogP contribution in [0.2, 0.25) is 0 Å². The molecule has 7 nitrogen and oxygen atoms in total. The molecule has 0 bridgehead atoms. The van der Waals surface area contributed by atoms with E-state index in [4.69, 9.17) is 9.84 Å². The van der Waals surface area contributed by atoms with Gasteiger partial charge in [0.15, 0.2) is 0 Å². The number of carbonyl (C=O) groups is 3. The maximum Gasteiger partial charge on any atom is 0.324 e. The standard InChI is InChI=1S/C20H22N2O5.C8H12S/c1-3-12-22(20(26)21-13-18(23)24)19(25)16-6-4-14(5-7-16)15-8-10-17(27-2)11-9-15;1-4-6-8(5-2)7-9-3/h4-11H,3,12-13H2,1-2H3,(H,21,26)(H,23,24);4-6H,1-2,7H2,3H3/b;8-6+. The number of nitrogens with zero attached hydrogens (tertiary/aromatic N) is 1. The minimum absolute atomic E-state index is 0.199. The Morgan fingerprint density at radius 3 is 2.08 bits per heavy atom. The Kier molecular flexibility index (Phi) is 14.1. The highest BCUT2D eigenvalue weighted by Gasteiger charge is 2.22. The summed E-state index contributed by atoms with van der Waals surface area (Å²) in [6, 6.07) is 13.7. The van der Waals surface area contributed by atoms with E-state index >= 15 is 0 Å². The highest BCUT2D eigenvalue weighted by molar-refractivity contribution is 7.98. The molecule has 0 unspecified atom stereocenters. The van der Waals surface area contributed by atoms with E-state index in [0.717, 1.165) is 27.5 Å². The lowest BCUT2D eigenvalue weighted by molar-refractivity contribution is -0.135. The van der Waals surface area contributed by atoms with E-state index in [1.54, 1.807) is 49.2 Å². The van der Waals surface area contributed by atoms with Gasteiger partial charge in [0.25, 0.3) is 5.91 Å². The molecule has 36 heavy (non-hydrogen) atoms. The molecular formula is C28H34N2O5S. The number of hydrogen-bond donors (Lipinski definition) is 2. The van der Waals surface area contributed by atoms with Gasteiger partial charge in [-0.15, -0.1) is 0 Å². The Morgan fingerprint density at radius 2 is 1.64 bits per heavy atom. The summed E-state index contributed by atoms with van der Waals surface area (Å²) in [6.45, 7) is 8.76. The molecule has 0 aromatic heterocycles. The first-order chi connectivity index (χ1) is 17.3. The van der Waals surface area contributed by atoms with E-state index < -0.39 is 24.5 Å². The lowest BCUT2D eigenvalue weighted by Gasteiger charge is -2.20. The van der Waals surface area contributed by atoms with Gasteiger partial charge in [0.1, 0.15) is 12.3 Å². The number of rotatable bonds is 11. The third-order valence-corrected chi connectivity index (χ3v) is 5.41. The Hall–Kier alpha value is -3.78. The minimum atomic E-state index is -1.17. The minimum Gasteiger partial charge on any atom is -0.497 e. The summed E-state index contributed by atoms with van der Waals surface area (Å²) in [5.74, 6) is 0.139. The van der Waals surface area contributed by atoms with Gasteiger partial charge < -0.3 is 15.2 Å². The lowest BCUT2D eigenvalue weighted by atomic mass is 10.0. The average Bonchev–Trinajstić information content (AvgIpc) is 2.90. The van der Waals surface area contributed by atoms with E-state index in [1.807, 2.05) is 43.3 Å². The SMILES string of the molecule is C=C/C=C(\C=C)CSC.CCCN(C(=O)NCC(=O)O)C(=O)c1ccc(-c2ccc(OC)cc2)cc1. The van der Waals surface area contributed by atoms with E-state index in [-0.39, 0.29) is 6.54 Å². The normalized spacial score (nSPS) is 10.4. The summed E-state index contributed by atoms with van der Waals surface area (Å²) in [6.07, 6.45) is 8.26. The van der Waals surface area contributed by atoms with Crippen molar-refractivity contribution < 1.29 is 24.2 Å². The number of thioether (sulfide) groups is 1. The summed E-state index contributed by atoms with van der Waals surface area (Å²) in [5.41, 5.74) is 3.48. The first kappa shape index (κ1) is 30.3. The summed E-state index contributed by atoms with van der Waals surface area (Å²) in [5, 5.41) is 10.9. The van der Waals surface area contributed by atoms with Crippen molar-refractivity contribution in [1.82, 2.24) is 10.2 Å². The molecule has 0 aliphatic rings. The van der Waals surface area contributed by atoms with E-state index in [9.17, 15) is 14.4 Å². The number of urea groups is 1. The molecular weight excluding hydrogens is 476 g/mol. The van der Waals surface area contributed by atoms with Gasteiger partial charge in [0.05, 0.1) is 7.11 Å². The summed E-state index contributed by atoms with van der Waals surface area (Å²) in [7, 11) is 1.60. The maximum atomic E-state index is 12.7. The second-order valence-electron chi connectivity index (χ2n) is 7.43. The van der Waals surface area contributed by atoms with Crippen LogP contribution in [0.4, 0.5) is 4.79 Å². The van der Waals surface area contributed by atoms with E-state index in [2.05, 4.69) is 24.7 Å². The number of allylic oxidation sites excluding steroid dienone is 3. The number of hydrogen-bond acceptors (Lipinski definition) is 5. The molecule has 2 N–H and O–H groups in total. The van der Waals surface area contributed by atoms with Gasteiger partial charge in [0, 0.05) is 17.9 Å². The average molecular weight is 511 g/mol. The van der Waals surface area contributed by atoms with Crippen LogP contribution >= 0.6 is 11.8 Å². The van der Waals surface area contributed by atoms with Gasteiger partial charge in [-0.25, -0.2) is 4.79 Å². The van der Waals surface area contributed by atoms with Crippen LogP contribution in [0.3, 0.4) is 0 Å². The van der Waals surface area contributed by atoms with Crippen LogP contribution in [-0.4, -0.2) is 60.1 Å². The molecule has 0 aliphatic heterocycles. The zero-order chi connectivity index (χ0) is 26.9. The van der Waals surface area contributed by atoms with Crippen molar-refractivity contribution in [3.05, 3.63) is 91.1 Å². The predicted octanol–water partition coefficient (Wildman–Crippen LogP) is 5.66. The Balaban J connectivity index is 0.000000613. The fraction of sp³-hybridized carbons (Fsp3) is 0.250. The Bertz CT molecular complexity index is 1050. The molecule has 3 amide bonds. The first-order valence-corrected chi connectivity index (χ1v) is 12.7. The summed E-state index contributed by atoms with van der Waals surface area (Å²) in [4.78, 5) is 36.4. The molecule has 0 spiro atoms. The van der Waals surface area contributed by atoms with E-state index in [1.165, 1.54) is 5.57 Å². The topological polar surface area (TPSA) is 95.9 Å². The monoisotopic (exact) mass is 510 g/mol. The lowest BCUT2D eigenvalue weighted by Crippen LogP contribution is -2.45. The van der Waals surface area contributed by atoms with Crippen LogP contribution in [0.15, 0.2) is 85.5 Å². The van der Waals surface area contributed by atoms with Gasteiger partial charge >= 0.3 is 12.0 Å². The third kappa shape index (κ3) is 10.2. The number of aliphatic carboxylic acids is 1. The van der Waals surface area contributed by atoms with Crippen LogP contribution in [0, 0.1) is 0 Å². The van der Waals surface area contributed by atoms with Crippen molar-refractivity contribution in [3.8, 4) is 16.9 Å². The molecule has 0 saturated heterocycles. The molecule has 2 aromatic rings. The zero-order valence-electron chi connectivity index (χ0n) is 21.0. The number of imide groups is 1. The van der Waals surface area contributed by atoms with Crippen LogP contribution in [0.5, 0.6) is 5.75 Å². The second kappa shape index (κ2) is 16.8. The number of benzene rings is 2. The van der Waals surface area contributed by atoms with Gasteiger partial charge in [-0.2, -0.15) is 11.8 Å². The highest BCUT2D eigenvalue weighted by Crippen LogP contribution is 2.23. The fourth-order valence-electron chi connectivity index (χ4n) is 3.00. The molecule has 0 aliphatic carbocycles. The highest BCUT2D eigenvalue weighted by atomic mass is 32.2. The number of carboxylic acids is 1. The first-order valence-electron chi connectivity index (χ1n) is 11.3. The van der Waals surface area contributed by atoms with Crippen LogP contribution in [0.25, 0.3) is 11.1 Å². The second-order valence-corrected chi connectivity index (χ2v) is 8.30. The van der Waals surface area contributed by atoms with Gasteiger partial charge in [0.2, 0.25) is 0 Å². The molecule has 8 heteroatoms. The third-order valence-electron chi connectivity index (χ3n) is 4.79. The smallest absolute Gasteiger partial charge is 0.324 e. The molecule has 2 rings (SSSR count). The molecule has 0 atom stereocenters. The van der Waals surface area contributed by atoms with Crippen molar-refractivity contribution in [2.45, 2.75) is 13.3 Å². The quantitative estimate of drug-likeness (QED) is 0.379. The molecule has 0 fully saturated rings. The molecule has 0 heterocycles. The molecule has 2 aromatic carbocycles. The number of carbonyl (C=O) groups excluding carboxylic acids is 2. The summed E-state index contributed by atoms with van der Waals surface area (Å²) >= 11 is 1.79. The molecule has 0 radical (unpaired) electrons. The van der Waals surface area contributed by atoms with Gasteiger partial charge in [-0.3, -0.25) is 14.5 Å². The molecule has 0 saturated carbocycles. The largest absolute Gasteiger partial charge is 0.497 e. The van der Waals surface area contributed by atoms with Crippen LogP contribution in [0.1, 0.15) is 23.7 Å². The summed E-state index contributed by atoms with van der Waals surface area (Å²) < 4.78 is 5.14. The van der Waals surface area contributed by atoms with Crippen LogP contribution < -0.4 is 10.1 Å². The Labute approximate surface area is 217 Å². The number of amides is 3. The number of carboxylic acid groups (broad SMARTS) is 1. The van der Waals surface area contributed by atoms with Crippen molar-refractivity contribution >= 4 is 29.7 Å². The fourth-order valence-corrected chi connectivity index (χ4v) is 3.55. The Morgan fingerprint density at radius 1 is 1.06 bits per heavy atom. The van der Waals surface area contributed by atoms with E-state index in [0.29, 0.717) is 12.0 Å². The number of ether oxygens (including phenoxy) is 1.